The Morgan fingerprint density at radius 3 is 2.18 bits per heavy atom. The van der Waals surface area contributed by atoms with Crippen LogP contribution in [0.2, 0.25) is 0 Å². The number of rotatable bonds is 10. The third-order valence-corrected chi connectivity index (χ3v) is 17.3. The van der Waals surface area contributed by atoms with Gasteiger partial charge in [-0.1, -0.05) is 78.8 Å². The van der Waals surface area contributed by atoms with Crippen LogP contribution in [0.25, 0.3) is 5.57 Å². The normalized spacial score (nSPS) is 41.6. The molecule has 0 aromatic heterocycles. The fourth-order valence-electron chi connectivity index (χ4n) is 14.3. The molecule has 0 spiro atoms. The number of nitrogens with zero attached hydrogens (tertiary/aromatic N) is 1. The second-order valence-corrected chi connectivity index (χ2v) is 19.6. The summed E-state index contributed by atoms with van der Waals surface area (Å²) in [5, 5.41) is 13.8. The zero-order valence-electron chi connectivity index (χ0n) is 32.4. The molecule has 4 nitrogen and oxygen atoms in total. The molecule has 5 saturated carbocycles. The molecule has 270 valence electrons. The number of carboxylic acids is 1. The van der Waals surface area contributed by atoms with Gasteiger partial charge in [-0.15, -0.1) is 0 Å². The summed E-state index contributed by atoms with van der Waals surface area (Å²) >= 11 is 0. The number of carboxylic acid groups (broad SMARTS) is 1. The highest BCUT2D eigenvalue weighted by atomic mass is 16.4. The van der Waals surface area contributed by atoms with E-state index in [0.717, 1.165) is 37.3 Å². The van der Waals surface area contributed by atoms with Crippen molar-refractivity contribution in [2.45, 2.75) is 132 Å². The van der Waals surface area contributed by atoms with Gasteiger partial charge in [0.1, 0.15) is 0 Å². The number of hydrogen-bond donors (Lipinski definition) is 2. The Balaban J connectivity index is 1.17. The summed E-state index contributed by atoms with van der Waals surface area (Å²) in [6, 6.07) is 7.68. The van der Waals surface area contributed by atoms with Gasteiger partial charge in [0.15, 0.2) is 0 Å². The smallest absolute Gasteiger partial charge is 0.335 e. The summed E-state index contributed by atoms with van der Waals surface area (Å²) < 4.78 is 0. The number of nitrogens with one attached hydrogen (secondary N) is 1. The molecule has 0 aliphatic heterocycles. The molecule has 9 atom stereocenters. The van der Waals surface area contributed by atoms with E-state index < -0.39 is 5.97 Å². The second kappa shape index (κ2) is 12.1. The molecule has 1 aromatic rings. The quantitative estimate of drug-likeness (QED) is 0.244. The number of carbonyl (C=O) groups is 1. The first-order valence-electron chi connectivity index (χ1n) is 20.3. The van der Waals surface area contributed by atoms with Crippen molar-refractivity contribution in [2.24, 2.45) is 56.7 Å². The highest BCUT2D eigenvalue weighted by Crippen LogP contribution is 2.77. The van der Waals surface area contributed by atoms with Crippen LogP contribution in [0.15, 0.2) is 42.5 Å². The number of fused-ring (bicyclic) bond motifs is 7. The molecule has 7 rings (SSSR count). The van der Waals surface area contributed by atoms with Crippen LogP contribution in [-0.2, 0) is 0 Å². The van der Waals surface area contributed by atoms with Crippen LogP contribution in [0.3, 0.4) is 0 Å². The topological polar surface area (TPSA) is 52.6 Å². The average Bonchev–Trinajstić information content (AvgIpc) is 3.72. The van der Waals surface area contributed by atoms with Gasteiger partial charge >= 0.3 is 5.97 Å². The van der Waals surface area contributed by atoms with E-state index in [1.165, 1.54) is 94.0 Å². The third-order valence-electron chi connectivity index (χ3n) is 17.3. The monoisotopic (exact) mass is 669 g/mol. The molecule has 2 N–H and O–H groups in total. The molecule has 0 heterocycles. The maximum atomic E-state index is 11.6. The van der Waals surface area contributed by atoms with Crippen LogP contribution in [-0.4, -0.2) is 47.7 Å². The lowest BCUT2D eigenvalue weighted by Gasteiger charge is -2.72. The van der Waals surface area contributed by atoms with E-state index in [2.05, 4.69) is 90.4 Å². The standard InChI is InChI=1S/C45H68N2O2/c1-10-47(11-2)29-45(26-27-45)46-28-44-23-18-33(30(3)4)38(44)35-16-17-37-41(7)21-19-34(31-12-14-32(15-13-31)39(48)49)40(5,6)36(41)20-22-43(37,9)42(35,8)24-25-44/h12-15,19,33,35-38,46H,3,10-11,16-18,20-29H2,1-2,4-9H3,(H,48,49)/t33-,35+,36-,37+,38+,41-,42+,43+,44+/m0/s1. The van der Waals surface area contributed by atoms with Gasteiger partial charge < -0.3 is 15.3 Å². The molecular formula is C45H68N2O2. The molecule has 0 amide bonds. The summed E-state index contributed by atoms with van der Waals surface area (Å²) in [5.41, 5.74) is 6.24. The number of aromatic carboxylic acids is 1. The molecule has 5 fully saturated rings. The van der Waals surface area contributed by atoms with E-state index in [1.807, 2.05) is 0 Å². The van der Waals surface area contributed by atoms with E-state index >= 15 is 0 Å². The molecule has 6 aliphatic carbocycles. The molecule has 0 radical (unpaired) electrons. The van der Waals surface area contributed by atoms with Gasteiger partial charge in [-0.25, -0.2) is 4.79 Å². The van der Waals surface area contributed by atoms with E-state index in [-0.39, 0.29) is 10.8 Å². The van der Waals surface area contributed by atoms with Gasteiger partial charge in [0.05, 0.1) is 5.56 Å². The van der Waals surface area contributed by atoms with Crippen LogP contribution in [0.5, 0.6) is 0 Å². The molecule has 0 saturated heterocycles. The largest absolute Gasteiger partial charge is 0.478 e. The van der Waals surface area contributed by atoms with Crippen molar-refractivity contribution < 1.29 is 9.90 Å². The Bertz CT molecular complexity index is 1480. The summed E-state index contributed by atoms with van der Waals surface area (Å²) in [5.74, 6) is 2.71. The van der Waals surface area contributed by atoms with Gasteiger partial charge in [-0.2, -0.15) is 0 Å². The first kappa shape index (κ1) is 35.5. The predicted octanol–water partition coefficient (Wildman–Crippen LogP) is 10.5. The van der Waals surface area contributed by atoms with Gasteiger partial charge in [0.25, 0.3) is 0 Å². The summed E-state index contributed by atoms with van der Waals surface area (Å²) in [6.45, 7) is 29.6. The minimum absolute atomic E-state index is 0.0462. The Labute approximate surface area is 299 Å². The third kappa shape index (κ3) is 5.29. The van der Waals surface area contributed by atoms with Gasteiger partial charge in [0, 0.05) is 18.6 Å². The lowest BCUT2D eigenvalue weighted by molar-refractivity contribution is -0.225. The van der Waals surface area contributed by atoms with Crippen molar-refractivity contribution in [1.82, 2.24) is 10.2 Å². The first-order valence-corrected chi connectivity index (χ1v) is 20.3. The molecule has 0 bridgehead atoms. The van der Waals surface area contributed by atoms with E-state index in [1.54, 1.807) is 12.1 Å². The van der Waals surface area contributed by atoms with Crippen LogP contribution < -0.4 is 5.32 Å². The first-order chi connectivity index (χ1) is 23.1. The molecule has 4 heteroatoms. The molecule has 1 aromatic carbocycles. The minimum atomic E-state index is -0.850. The fourth-order valence-corrected chi connectivity index (χ4v) is 14.3. The number of allylic oxidation sites excluding steroid dienone is 3. The van der Waals surface area contributed by atoms with Crippen LogP contribution in [0.1, 0.15) is 142 Å². The van der Waals surface area contributed by atoms with Crippen molar-refractivity contribution in [1.29, 1.82) is 0 Å². The lowest BCUT2D eigenvalue weighted by Crippen LogP contribution is -2.66. The van der Waals surface area contributed by atoms with Gasteiger partial charge in [0.2, 0.25) is 0 Å². The Kier molecular flexibility index (Phi) is 8.75. The van der Waals surface area contributed by atoms with E-state index in [9.17, 15) is 9.90 Å². The van der Waals surface area contributed by atoms with Gasteiger partial charge in [-0.3, -0.25) is 0 Å². The molecular weight excluding hydrogens is 601 g/mol. The van der Waals surface area contributed by atoms with Crippen LogP contribution in [0, 0.1) is 56.7 Å². The maximum absolute atomic E-state index is 11.6. The number of hydrogen-bond acceptors (Lipinski definition) is 3. The van der Waals surface area contributed by atoms with Crippen molar-refractivity contribution in [3.8, 4) is 0 Å². The second-order valence-electron chi connectivity index (χ2n) is 19.6. The van der Waals surface area contributed by atoms with Crippen LogP contribution >= 0.6 is 0 Å². The fraction of sp³-hybridized carbons (Fsp3) is 0.756. The maximum Gasteiger partial charge on any atom is 0.335 e. The summed E-state index contributed by atoms with van der Waals surface area (Å²) in [7, 11) is 0. The summed E-state index contributed by atoms with van der Waals surface area (Å²) in [6.07, 6.45) is 17.3. The molecule has 49 heavy (non-hydrogen) atoms. The Morgan fingerprint density at radius 1 is 0.878 bits per heavy atom. The van der Waals surface area contributed by atoms with Crippen molar-refractivity contribution in [3.63, 3.8) is 0 Å². The summed E-state index contributed by atoms with van der Waals surface area (Å²) in [4.78, 5) is 14.2. The number of benzene rings is 1. The van der Waals surface area contributed by atoms with E-state index in [4.69, 9.17) is 0 Å². The molecule has 6 aliphatic rings. The average molecular weight is 669 g/mol. The Morgan fingerprint density at radius 2 is 1.57 bits per heavy atom. The zero-order valence-corrected chi connectivity index (χ0v) is 32.4. The highest BCUT2D eigenvalue weighted by molar-refractivity contribution is 5.88. The van der Waals surface area contributed by atoms with Crippen molar-refractivity contribution in [3.05, 3.63) is 53.6 Å². The zero-order chi connectivity index (χ0) is 35.2. The van der Waals surface area contributed by atoms with Gasteiger partial charge in [-0.05, 0) is 171 Å². The lowest BCUT2D eigenvalue weighted by atomic mass is 9.32. The number of likely N-dealkylation sites (N-methyl/N-ethyl adjacent to an activating group) is 1. The minimum Gasteiger partial charge on any atom is -0.478 e. The van der Waals surface area contributed by atoms with Crippen LogP contribution in [0.4, 0.5) is 0 Å². The Hall–Kier alpha value is -1.91. The van der Waals surface area contributed by atoms with E-state index in [0.29, 0.717) is 39.2 Å². The van der Waals surface area contributed by atoms with Crippen molar-refractivity contribution in [2.75, 3.05) is 26.2 Å². The SMILES string of the molecule is C=C(C)[C@@H]1CC[C@]2(CNC3(CN(CC)CC)CC3)CC[C@]3(C)[C@H](CC[C@@H]4[C@@]5(C)CC=C(c6ccc(C(=O)O)cc6)C(C)(C)[C@@H]5CC[C@]43C)[C@@H]12. The molecule has 0 unspecified atom stereocenters. The predicted molar refractivity (Wildman–Crippen MR) is 203 cm³/mol. The highest BCUT2D eigenvalue weighted by Gasteiger charge is 2.70. The van der Waals surface area contributed by atoms with Crippen molar-refractivity contribution >= 4 is 11.5 Å².